The third kappa shape index (κ3) is 4.39. The smallest absolute Gasteiger partial charge is 0.266 e. The molecule has 2 aromatic carbocycles. The second kappa shape index (κ2) is 9.82. The number of hydrogen-bond donors (Lipinski definition) is 1. The number of methoxy groups -OCH3 is 2. The summed E-state index contributed by atoms with van der Waals surface area (Å²) < 4.78 is 11.2. The van der Waals surface area contributed by atoms with E-state index in [2.05, 4.69) is 13.8 Å². The molecule has 1 aliphatic rings. The van der Waals surface area contributed by atoms with Crippen LogP contribution in [0.5, 0.6) is 11.5 Å². The number of nitrogens with zero attached hydrogens (tertiary/aromatic N) is 2. The Kier molecular flexibility index (Phi) is 6.58. The molecule has 5 rings (SSSR count). The minimum atomic E-state index is -0.0151. The Morgan fingerprint density at radius 3 is 2.39 bits per heavy atom. The maximum atomic E-state index is 13.7. The Labute approximate surface area is 215 Å². The summed E-state index contributed by atoms with van der Waals surface area (Å²) in [6, 6.07) is 17.7. The predicted octanol–water partition coefficient (Wildman–Crippen LogP) is 6.35. The number of amides is 1. The zero-order valence-corrected chi connectivity index (χ0v) is 21.9. The second-order valence-corrected chi connectivity index (χ2v) is 10.7. The molecule has 36 heavy (non-hydrogen) atoms. The number of anilines is 1. The first-order chi connectivity index (χ1) is 17.4. The lowest BCUT2D eigenvalue weighted by molar-refractivity contribution is 0.0629. The average Bonchev–Trinajstić information content (AvgIpc) is 3.23. The average molecular weight is 502 g/mol. The minimum Gasteiger partial charge on any atom is -0.497 e. The van der Waals surface area contributed by atoms with Crippen molar-refractivity contribution in [3.8, 4) is 33.9 Å². The maximum absolute atomic E-state index is 13.7. The van der Waals surface area contributed by atoms with E-state index in [9.17, 15) is 4.79 Å². The van der Waals surface area contributed by atoms with Crippen LogP contribution in [0.4, 0.5) is 5.69 Å². The standard InChI is InChI=1S/C29H31N3O3S/c1-17-12-18(2)16-32(15-17)29(33)27-26(30)25-22(21-13-20(34-3)10-11-24(21)35-4)14-23(31-28(25)36-27)19-8-6-5-7-9-19/h5-11,13-14,17-18H,12,15-16,30H2,1-4H3. The molecule has 0 radical (unpaired) electrons. The zero-order valence-electron chi connectivity index (χ0n) is 21.1. The number of fused-ring (bicyclic) bond motifs is 1. The van der Waals surface area contributed by atoms with Gasteiger partial charge in [-0.1, -0.05) is 44.2 Å². The number of ether oxygens (including phenoxy) is 2. The van der Waals surface area contributed by atoms with Gasteiger partial charge in [-0.25, -0.2) is 4.98 Å². The third-order valence-electron chi connectivity index (χ3n) is 6.82. The summed E-state index contributed by atoms with van der Waals surface area (Å²) >= 11 is 1.37. The maximum Gasteiger partial charge on any atom is 0.266 e. The zero-order chi connectivity index (χ0) is 25.4. The van der Waals surface area contributed by atoms with E-state index in [1.165, 1.54) is 11.3 Å². The fourth-order valence-electron chi connectivity index (χ4n) is 5.25. The van der Waals surface area contributed by atoms with Gasteiger partial charge in [0.25, 0.3) is 5.91 Å². The highest BCUT2D eigenvalue weighted by Crippen LogP contribution is 2.45. The van der Waals surface area contributed by atoms with Gasteiger partial charge >= 0.3 is 0 Å². The van der Waals surface area contributed by atoms with Crippen LogP contribution in [-0.4, -0.2) is 43.1 Å². The lowest BCUT2D eigenvalue weighted by Gasteiger charge is -2.34. The molecule has 2 aromatic heterocycles. The van der Waals surface area contributed by atoms with E-state index in [1.54, 1.807) is 14.2 Å². The molecule has 3 heterocycles. The topological polar surface area (TPSA) is 77.7 Å². The molecular formula is C29H31N3O3S. The van der Waals surface area contributed by atoms with Crippen molar-refractivity contribution in [2.75, 3.05) is 33.0 Å². The van der Waals surface area contributed by atoms with Gasteiger partial charge in [-0.2, -0.15) is 0 Å². The first-order valence-corrected chi connectivity index (χ1v) is 13.0. The van der Waals surface area contributed by atoms with Crippen LogP contribution >= 0.6 is 11.3 Å². The largest absolute Gasteiger partial charge is 0.497 e. The van der Waals surface area contributed by atoms with Gasteiger partial charge in [0.15, 0.2) is 0 Å². The Bertz CT molecular complexity index is 1410. The molecule has 1 aliphatic heterocycles. The quantitative estimate of drug-likeness (QED) is 0.345. The number of likely N-dealkylation sites (tertiary alicyclic amines) is 1. The van der Waals surface area contributed by atoms with E-state index in [1.807, 2.05) is 59.5 Å². The van der Waals surface area contributed by atoms with E-state index >= 15 is 0 Å². The van der Waals surface area contributed by atoms with Crippen LogP contribution in [0.25, 0.3) is 32.6 Å². The predicted molar refractivity (Wildman–Crippen MR) is 147 cm³/mol. The Balaban J connectivity index is 1.73. The van der Waals surface area contributed by atoms with Crippen LogP contribution in [0.1, 0.15) is 29.9 Å². The van der Waals surface area contributed by atoms with Crippen LogP contribution in [0.15, 0.2) is 54.6 Å². The summed E-state index contributed by atoms with van der Waals surface area (Å²) in [5.74, 6) is 2.32. The molecule has 2 atom stereocenters. The lowest BCUT2D eigenvalue weighted by atomic mass is 9.92. The number of benzene rings is 2. The molecular weight excluding hydrogens is 470 g/mol. The van der Waals surface area contributed by atoms with Crippen LogP contribution in [0, 0.1) is 11.8 Å². The van der Waals surface area contributed by atoms with E-state index in [-0.39, 0.29) is 5.91 Å². The summed E-state index contributed by atoms with van der Waals surface area (Å²) in [5.41, 5.74) is 10.7. The van der Waals surface area contributed by atoms with Crippen molar-refractivity contribution in [3.05, 3.63) is 59.5 Å². The highest BCUT2D eigenvalue weighted by atomic mass is 32.1. The number of aromatic nitrogens is 1. The molecule has 4 aromatic rings. The second-order valence-electron chi connectivity index (χ2n) is 9.67. The van der Waals surface area contributed by atoms with Crippen molar-refractivity contribution in [1.82, 2.24) is 9.88 Å². The summed E-state index contributed by atoms with van der Waals surface area (Å²) in [5, 5.41) is 0.771. The molecule has 0 saturated carbocycles. The van der Waals surface area contributed by atoms with Gasteiger partial charge in [0.2, 0.25) is 0 Å². The highest BCUT2D eigenvalue weighted by molar-refractivity contribution is 7.21. The number of piperidine rings is 1. The minimum absolute atomic E-state index is 0.0151. The van der Waals surface area contributed by atoms with E-state index < -0.39 is 0 Å². The van der Waals surface area contributed by atoms with Gasteiger partial charge in [0.1, 0.15) is 21.2 Å². The molecule has 2 N–H and O–H groups in total. The highest BCUT2D eigenvalue weighted by Gasteiger charge is 2.30. The van der Waals surface area contributed by atoms with Crippen LogP contribution in [-0.2, 0) is 0 Å². The molecule has 0 spiro atoms. The number of nitrogen functional groups attached to an aromatic ring is 1. The molecule has 2 unspecified atom stereocenters. The first kappa shape index (κ1) is 24.1. The Morgan fingerprint density at radius 1 is 1.00 bits per heavy atom. The number of hydrogen-bond acceptors (Lipinski definition) is 6. The van der Waals surface area contributed by atoms with E-state index in [0.717, 1.165) is 52.1 Å². The molecule has 0 bridgehead atoms. The van der Waals surface area contributed by atoms with Gasteiger partial charge in [-0.15, -0.1) is 11.3 Å². The normalized spacial score (nSPS) is 17.8. The van der Waals surface area contributed by atoms with Gasteiger partial charge in [0.05, 0.1) is 25.6 Å². The van der Waals surface area contributed by atoms with Crippen LogP contribution < -0.4 is 15.2 Å². The number of carbonyl (C=O) groups is 1. The van der Waals surface area contributed by atoms with E-state index in [0.29, 0.717) is 33.9 Å². The lowest BCUT2D eigenvalue weighted by Crippen LogP contribution is -2.42. The molecule has 7 heteroatoms. The fraction of sp³-hybridized carbons (Fsp3) is 0.310. The van der Waals surface area contributed by atoms with Gasteiger partial charge in [-0.05, 0) is 42.5 Å². The molecule has 1 fully saturated rings. The molecule has 1 saturated heterocycles. The SMILES string of the molecule is COc1ccc(OC)c(-c2cc(-c3ccccc3)nc3sc(C(=O)N4CC(C)CC(C)C4)c(N)c23)c1. The van der Waals surface area contributed by atoms with Crippen molar-refractivity contribution in [2.24, 2.45) is 11.8 Å². The van der Waals surface area contributed by atoms with Gasteiger partial charge in [0, 0.05) is 35.2 Å². The first-order valence-electron chi connectivity index (χ1n) is 12.2. The van der Waals surface area contributed by atoms with Crippen molar-refractivity contribution >= 4 is 33.1 Å². The summed E-state index contributed by atoms with van der Waals surface area (Å²) in [6.07, 6.45) is 1.13. The number of thiophene rings is 1. The molecule has 0 aliphatic carbocycles. The van der Waals surface area contributed by atoms with Crippen molar-refractivity contribution < 1.29 is 14.3 Å². The monoisotopic (exact) mass is 501 g/mol. The number of carbonyl (C=O) groups excluding carboxylic acids is 1. The Morgan fingerprint density at radius 2 is 1.72 bits per heavy atom. The van der Waals surface area contributed by atoms with Crippen molar-refractivity contribution in [2.45, 2.75) is 20.3 Å². The van der Waals surface area contributed by atoms with Gasteiger partial charge in [-0.3, -0.25) is 4.79 Å². The van der Waals surface area contributed by atoms with Crippen LogP contribution in [0.2, 0.25) is 0 Å². The number of rotatable bonds is 5. The Hall–Kier alpha value is -3.58. The molecule has 6 nitrogen and oxygen atoms in total. The summed E-state index contributed by atoms with van der Waals surface area (Å²) in [4.78, 5) is 21.9. The number of nitrogens with two attached hydrogens (primary N) is 1. The number of pyridine rings is 1. The fourth-order valence-corrected chi connectivity index (χ4v) is 6.33. The third-order valence-corrected chi connectivity index (χ3v) is 7.90. The summed E-state index contributed by atoms with van der Waals surface area (Å²) in [7, 11) is 3.28. The van der Waals surface area contributed by atoms with E-state index in [4.69, 9.17) is 20.2 Å². The van der Waals surface area contributed by atoms with Crippen molar-refractivity contribution in [3.63, 3.8) is 0 Å². The van der Waals surface area contributed by atoms with Crippen molar-refractivity contribution in [1.29, 1.82) is 0 Å². The summed E-state index contributed by atoms with van der Waals surface area (Å²) in [6.45, 7) is 5.89. The molecule has 186 valence electrons. The van der Waals surface area contributed by atoms with Gasteiger partial charge < -0.3 is 20.1 Å². The van der Waals surface area contributed by atoms with Crippen LogP contribution in [0.3, 0.4) is 0 Å². The molecule has 1 amide bonds.